The van der Waals surface area contributed by atoms with Gasteiger partial charge in [-0.1, -0.05) is 24.3 Å². The van der Waals surface area contributed by atoms with Gasteiger partial charge in [-0.3, -0.25) is 9.11 Å². The number of phenolic OH excluding ortho intramolecular Hbond substituents is 1. The molecule has 6 nitrogen and oxygen atoms in total. The van der Waals surface area contributed by atoms with Crippen molar-refractivity contribution in [1.29, 1.82) is 0 Å². The van der Waals surface area contributed by atoms with Gasteiger partial charge in [0.25, 0.3) is 0 Å². The zero-order chi connectivity index (χ0) is 14.6. The Balaban J connectivity index is 0. The highest BCUT2D eigenvalue weighted by Gasteiger charge is 1.93. The molecule has 100 valence electrons. The van der Waals surface area contributed by atoms with Crippen LogP contribution in [0.3, 0.4) is 0 Å². The molecule has 1 aromatic carbocycles. The van der Waals surface area contributed by atoms with Gasteiger partial charge in [0.05, 0.1) is 0 Å². The van der Waals surface area contributed by atoms with E-state index in [1.54, 1.807) is 12.1 Å². The molecule has 0 unspecified atom stereocenters. The fraction of sp³-hybridized carbons (Fsp3) is 0.0909. The molecule has 0 radical (unpaired) electrons. The van der Waals surface area contributed by atoms with Crippen LogP contribution in [-0.4, -0.2) is 28.6 Å². The summed E-state index contributed by atoms with van der Waals surface area (Å²) in [6, 6.07) is 7.27. The molecule has 7 heteroatoms. The van der Waals surface area contributed by atoms with Gasteiger partial charge in [0.15, 0.2) is 0 Å². The molecular weight excluding hydrogens is 260 g/mol. The van der Waals surface area contributed by atoms with Crippen LogP contribution < -0.4 is 0 Å². The molecule has 0 spiro atoms. The van der Waals surface area contributed by atoms with E-state index in [0.29, 0.717) is 5.75 Å². The van der Waals surface area contributed by atoms with Crippen LogP contribution in [0.25, 0.3) is 0 Å². The molecule has 0 heterocycles. The Bertz CT molecular complexity index is 478. The van der Waals surface area contributed by atoms with Crippen molar-refractivity contribution in [2.45, 2.75) is 6.42 Å². The Morgan fingerprint density at radius 2 is 1.67 bits per heavy atom. The molecule has 0 aliphatic rings. The summed E-state index contributed by atoms with van der Waals surface area (Å²) >= 11 is 0. The Kier molecular flexibility index (Phi) is 10.5. The molecule has 0 aromatic heterocycles. The standard InChI is InChI=1S/C9H10O.C2H2O.H2O4S/c1-2-5-8-6-3-4-7-9(8)10;1-2-3;1-5(2,3)4/h2-4,6-7,10H,1,5H2;1H2;(H2,1,2,3,4). The number of allylic oxidation sites excluding steroid dienone is 1. The second-order valence-corrected chi connectivity index (χ2v) is 3.61. The average molecular weight is 274 g/mol. The lowest BCUT2D eigenvalue weighted by molar-refractivity contribution is 0.381. The minimum absolute atomic E-state index is 0.349. The first-order valence-electron chi connectivity index (χ1n) is 4.48. The molecule has 0 atom stereocenters. The number of benzene rings is 1. The van der Waals surface area contributed by atoms with Gasteiger partial charge in [-0.25, -0.2) is 4.79 Å². The van der Waals surface area contributed by atoms with E-state index in [1.165, 1.54) is 5.94 Å². The number of hydrogen-bond acceptors (Lipinski definition) is 4. The average Bonchev–Trinajstić information content (AvgIpc) is 2.20. The van der Waals surface area contributed by atoms with Crippen LogP contribution in [0.1, 0.15) is 5.56 Å². The van der Waals surface area contributed by atoms with Crippen molar-refractivity contribution < 1.29 is 27.4 Å². The Morgan fingerprint density at radius 3 is 2.00 bits per heavy atom. The van der Waals surface area contributed by atoms with Crippen LogP contribution in [0.2, 0.25) is 0 Å². The van der Waals surface area contributed by atoms with Gasteiger partial charge >= 0.3 is 10.4 Å². The monoisotopic (exact) mass is 274 g/mol. The van der Waals surface area contributed by atoms with Gasteiger partial charge in [-0.15, -0.1) is 6.58 Å². The molecule has 0 aliphatic carbocycles. The van der Waals surface area contributed by atoms with E-state index < -0.39 is 10.4 Å². The van der Waals surface area contributed by atoms with Gasteiger partial charge in [0.1, 0.15) is 11.7 Å². The summed E-state index contributed by atoms with van der Waals surface area (Å²) in [5, 5.41) is 9.19. The maximum absolute atomic E-state index is 9.19. The fourth-order valence-electron chi connectivity index (χ4n) is 0.839. The van der Waals surface area contributed by atoms with Crippen molar-refractivity contribution in [3.05, 3.63) is 49.1 Å². The van der Waals surface area contributed by atoms with E-state index in [-0.39, 0.29) is 0 Å². The summed E-state index contributed by atoms with van der Waals surface area (Å²) in [7, 11) is -4.67. The van der Waals surface area contributed by atoms with Gasteiger partial charge < -0.3 is 5.11 Å². The Hall–Kier alpha value is -1.92. The Labute approximate surface area is 105 Å². The van der Waals surface area contributed by atoms with E-state index in [9.17, 15) is 5.11 Å². The number of aromatic hydroxyl groups is 1. The van der Waals surface area contributed by atoms with Crippen molar-refractivity contribution in [3.63, 3.8) is 0 Å². The zero-order valence-corrected chi connectivity index (χ0v) is 10.3. The van der Waals surface area contributed by atoms with Crippen molar-refractivity contribution in [3.8, 4) is 5.75 Å². The number of rotatable bonds is 2. The summed E-state index contributed by atoms with van der Waals surface area (Å²) < 4.78 is 31.6. The maximum atomic E-state index is 9.19. The van der Waals surface area contributed by atoms with Crippen LogP contribution in [0, 0.1) is 0 Å². The number of carbonyl (C=O) groups excluding carboxylic acids is 1. The summed E-state index contributed by atoms with van der Waals surface area (Å²) in [5.41, 5.74) is 0.928. The third-order valence-corrected chi connectivity index (χ3v) is 1.36. The van der Waals surface area contributed by atoms with Gasteiger partial charge in [-0.05, 0) is 24.6 Å². The molecule has 1 rings (SSSR count). The van der Waals surface area contributed by atoms with Crippen LogP contribution in [0.4, 0.5) is 0 Å². The normalized spacial score (nSPS) is 8.78. The lowest BCUT2D eigenvalue weighted by Gasteiger charge is -1.97. The highest BCUT2D eigenvalue weighted by molar-refractivity contribution is 7.79. The third kappa shape index (κ3) is 16.5. The first-order chi connectivity index (χ1) is 8.26. The fourth-order valence-corrected chi connectivity index (χ4v) is 0.839. The minimum Gasteiger partial charge on any atom is -0.508 e. The summed E-state index contributed by atoms with van der Waals surface area (Å²) in [6.07, 6.45) is 2.50. The Morgan fingerprint density at radius 1 is 1.28 bits per heavy atom. The van der Waals surface area contributed by atoms with Crippen molar-refractivity contribution in [1.82, 2.24) is 0 Å². The van der Waals surface area contributed by atoms with E-state index in [2.05, 4.69) is 13.2 Å². The zero-order valence-electron chi connectivity index (χ0n) is 9.48. The molecule has 18 heavy (non-hydrogen) atoms. The quantitative estimate of drug-likeness (QED) is 0.428. The second kappa shape index (κ2) is 10.2. The molecule has 0 aliphatic heterocycles. The highest BCUT2D eigenvalue weighted by atomic mass is 32.3. The van der Waals surface area contributed by atoms with Crippen LogP contribution in [-0.2, 0) is 21.6 Å². The third-order valence-electron chi connectivity index (χ3n) is 1.36. The highest BCUT2D eigenvalue weighted by Crippen LogP contribution is 2.15. The summed E-state index contributed by atoms with van der Waals surface area (Å²) in [6.45, 7) is 6.27. The summed E-state index contributed by atoms with van der Waals surface area (Å²) in [4.78, 5) is 8.57. The largest absolute Gasteiger partial charge is 0.508 e. The summed E-state index contributed by atoms with van der Waals surface area (Å²) in [5.74, 6) is 1.60. The minimum atomic E-state index is -4.67. The van der Waals surface area contributed by atoms with Crippen molar-refractivity contribution in [2.24, 2.45) is 0 Å². The van der Waals surface area contributed by atoms with Gasteiger partial charge in [-0.2, -0.15) is 8.42 Å². The molecule has 0 fully saturated rings. The van der Waals surface area contributed by atoms with Crippen molar-refractivity contribution >= 4 is 16.3 Å². The van der Waals surface area contributed by atoms with Gasteiger partial charge in [0.2, 0.25) is 0 Å². The number of hydrogen-bond donors (Lipinski definition) is 3. The maximum Gasteiger partial charge on any atom is 0.394 e. The predicted molar refractivity (Wildman–Crippen MR) is 67.5 cm³/mol. The van der Waals surface area contributed by atoms with Crippen LogP contribution in [0.5, 0.6) is 5.75 Å². The molecule has 0 saturated carbocycles. The molecule has 1 aromatic rings. The van der Waals surface area contributed by atoms with E-state index >= 15 is 0 Å². The first kappa shape index (κ1) is 18.4. The molecule has 0 saturated heterocycles. The van der Waals surface area contributed by atoms with E-state index in [1.807, 2.05) is 18.2 Å². The number of phenols is 1. The molecule has 0 bridgehead atoms. The topological polar surface area (TPSA) is 112 Å². The van der Waals surface area contributed by atoms with Crippen molar-refractivity contribution in [2.75, 3.05) is 0 Å². The number of para-hydroxylation sites is 1. The predicted octanol–water partition coefficient (Wildman–Crippen LogP) is 1.47. The molecule has 0 amide bonds. The molecule has 3 N–H and O–H groups in total. The van der Waals surface area contributed by atoms with E-state index in [4.69, 9.17) is 22.3 Å². The SMILES string of the molecule is C=C=O.C=CCc1ccccc1O.O=S(=O)(O)O. The second-order valence-electron chi connectivity index (χ2n) is 2.71. The first-order valence-corrected chi connectivity index (χ1v) is 5.87. The molecular formula is C11H14O6S. The lowest BCUT2D eigenvalue weighted by Crippen LogP contribution is -1.89. The van der Waals surface area contributed by atoms with Crippen LogP contribution >= 0.6 is 0 Å². The smallest absolute Gasteiger partial charge is 0.394 e. The van der Waals surface area contributed by atoms with E-state index in [0.717, 1.165) is 12.0 Å². The van der Waals surface area contributed by atoms with Crippen LogP contribution in [0.15, 0.2) is 43.5 Å². The van der Waals surface area contributed by atoms with Gasteiger partial charge in [0, 0.05) is 0 Å². The lowest BCUT2D eigenvalue weighted by atomic mass is 10.1.